The molecule has 0 aromatic heterocycles. The van der Waals surface area contributed by atoms with Crippen molar-refractivity contribution in [2.24, 2.45) is 0 Å². The van der Waals surface area contributed by atoms with Gasteiger partial charge in [-0.25, -0.2) is 4.39 Å². The molecule has 0 bridgehead atoms. The van der Waals surface area contributed by atoms with E-state index in [1.807, 2.05) is 0 Å². The number of nitrogen functional groups attached to an aromatic ring is 1. The van der Waals surface area contributed by atoms with Crippen LogP contribution < -0.4 is 11.1 Å². The van der Waals surface area contributed by atoms with E-state index >= 15 is 0 Å². The van der Waals surface area contributed by atoms with Gasteiger partial charge < -0.3 is 11.1 Å². The van der Waals surface area contributed by atoms with Crippen molar-refractivity contribution in [2.75, 3.05) is 11.1 Å². The molecule has 2 nitrogen and oxygen atoms in total. The number of nitrogens with two attached hydrogens (primary N) is 1. The zero-order valence-corrected chi connectivity index (χ0v) is 11.0. The third-order valence-corrected chi connectivity index (χ3v) is 3.11. The van der Waals surface area contributed by atoms with Crippen LogP contribution in [0.4, 0.5) is 21.5 Å². The fourth-order valence-corrected chi connectivity index (χ4v) is 1.99. The summed E-state index contributed by atoms with van der Waals surface area (Å²) in [5.74, 6) is -0.304. The molecule has 88 valence electrons. The second-order valence-corrected chi connectivity index (χ2v) is 4.77. The molecule has 0 aliphatic heterocycles. The molecule has 2 aromatic carbocycles. The van der Waals surface area contributed by atoms with Gasteiger partial charge in [0.15, 0.2) is 0 Å². The van der Waals surface area contributed by atoms with Crippen LogP contribution in [-0.4, -0.2) is 0 Å². The maximum absolute atomic E-state index is 12.9. The summed E-state index contributed by atoms with van der Waals surface area (Å²) in [6.45, 7) is 0. The lowest BCUT2D eigenvalue weighted by Crippen LogP contribution is -1.97. The van der Waals surface area contributed by atoms with Gasteiger partial charge in [0, 0.05) is 9.50 Å². The Labute approximate surface area is 112 Å². The lowest BCUT2D eigenvalue weighted by Gasteiger charge is -2.11. The standard InChI is InChI=1S/C12H9BrClFN2/c13-9-6-8(15)2-4-11(9)17-12-5-7(14)1-3-10(12)16/h1-6,17H,16H2. The monoisotopic (exact) mass is 314 g/mol. The van der Waals surface area contributed by atoms with Crippen LogP contribution in [0.3, 0.4) is 0 Å². The minimum atomic E-state index is -0.304. The molecule has 3 N–H and O–H groups in total. The molecule has 2 rings (SSSR count). The van der Waals surface area contributed by atoms with E-state index < -0.39 is 0 Å². The molecule has 0 saturated heterocycles. The average molecular weight is 316 g/mol. The third-order valence-electron chi connectivity index (χ3n) is 2.22. The van der Waals surface area contributed by atoms with E-state index in [1.165, 1.54) is 12.1 Å². The smallest absolute Gasteiger partial charge is 0.124 e. The summed E-state index contributed by atoms with van der Waals surface area (Å²) in [5, 5.41) is 3.67. The largest absolute Gasteiger partial charge is 0.397 e. The highest BCUT2D eigenvalue weighted by molar-refractivity contribution is 9.10. The van der Waals surface area contributed by atoms with E-state index in [-0.39, 0.29) is 5.82 Å². The normalized spacial score (nSPS) is 10.3. The van der Waals surface area contributed by atoms with Crippen LogP contribution in [0, 0.1) is 5.82 Å². The number of halogens is 3. The van der Waals surface area contributed by atoms with Crippen molar-refractivity contribution < 1.29 is 4.39 Å². The number of hydrogen-bond acceptors (Lipinski definition) is 2. The van der Waals surface area contributed by atoms with Crippen molar-refractivity contribution in [3.63, 3.8) is 0 Å². The summed E-state index contributed by atoms with van der Waals surface area (Å²) >= 11 is 9.15. The fraction of sp³-hybridized carbons (Fsp3) is 0. The summed E-state index contributed by atoms with van der Waals surface area (Å²) in [7, 11) is 0. The van der Waals surface area contributed by atoms with Gasteiger partial charge in [-0.15, -0.1) is 0 Å². The fourth-order valence-electron chi connectivity index (χ4n) is 1.37. The molecule has 0 fully saturated rings. The number of benzene rings is 2. The van der Waals surface area contributed by atoms with E-state index in [0.29, 0.717) is 20.9 Å². The molecular formula is C12H9BrClFN2. The molecule has 0 radical (unpaired) electrons. The molecule has 0 heterocycles. The maximum atomic E-state index is 12.9. The summed E-state index contributed by atoms with van der Waals surface area (Å²) in [6, 6.07) is 9.51. The second kappa shape index (κ2) is 4.94. The first-order chi connectivity index (χ1) is 8.06. The molecule has 0 atom stereocenters. The van der Waals surface area contributed by atoms with Crippen LogP contribution in [-0.2, 0) is 0 Å². The maximum Gasteiger partial charge on any atom is 0.124 e. The van der Waals surface area contributed by atoms with Crippen molar-refractivity contribution in [1.29, 1.82) is 0 Å². The summed E-state index contributed by atoms with van der Waals surface area (Å²) < 4.78 is 13.5. The number of nitrogens with one attached hydrogen (secondary N) is 1. The van der Waals surface area contributed by atoms with Gasteiger partial charge in [0.05, 0.1) is 17.1 Å². The van der Waals surface area contributed by atoms with Crippen LogP contribution in [0.1, 0.15) is 0 Å². The van der Waals surface area contributed by atoms with Gasteiger partial charge in [0.2, 0.25) is 0 Å². The molecule has 0 amide bonds. The van der Waals surface area contributed by atoms with Gasteiger partial charge in [0.1, 0.15) is 5.82 Å². The van der Waals surface area contributed by atoms with E-state index in [2.05, 4.69) is 21.2 Å². The average Bonchev–Trinajstić information content (AvgIpc) is 2.27. The van der Waals surface area contributed by atoms with E-state index in [0.717, 1.165) is 5.69 Å². The lowest BCUT2D eigenvalue weighted by molar-refractivity contribution is 0.627. The molecule has 0 saturated carbocycles. The third kappa shape index (κ3) is 2.90. The predicted molar refractivity (Wildman–Crippen MR) is 73.2 cm³/mol. The van der Waals surface area contributed by atoms with Gasteiger partial charge in [-0.2, -0.15) is 0 Å². The van der Waals surface area contributed by atoms with E-state index in [1.54, 1.807) is 24.3 Å². The van der Waals surface area contributed by atoms with E-state index in [4.69, 9.17) is 17.3 Å². The Morgan fingerprint density at radius 1 is 1.12 bits per heavy atom. The molecular weight excluding hydrogens is 307 g/mol. The summed E-state index contributed by atoms with van der Waals surface area (Å²) in [4.78, 5) is 0. The topological polar surface area (TPSA) is 38.0 Å². The minimum Gasteiger partial charge on any atom is -0.397 e. The Hall–Kier alpha value is -1.26. The SMILES string of the molecule is Nc1ccc(Cl)cc1Nc1ccc(F)cc1Br. The highest BCUT2D eigenvalue weighted by Crippen LogP contribution is 2.30. The highest BCUT2D eigenvalue weighted by atomic mass is 79.9. The number of hydrogen-bond donors (Lipinski definition) is 2. The quantitative estimate of drug-likeness (QED) is 0.797. The van der Waals surface area contributed by atoms with Crippen molar-refractivity contribution >= 4 is 44.6 Å². The van der Waals surface area contributed by atoms with Gasteiger partial charge in [-0.05, 0) is 52.3 Å². The zero-order valence-electron chi connectivity index (χ0n) is 8.68. The first-order valence-electron chi connectivity index (χ1n) is 4.83. The van der Waals surface area contributed by atoms with Gasteiger partial charge in [-0.1, -0.05) is 11.6 Å². The van der Waals surface area contributed by atoms with Crippen molar-refractivity contribution in [3.05, 3.63) is 51.7 Å². The molecule has 0 aliphatic carbocycles. The molecule has 0 spiro atoms. The molecule has 0 aliphatic rings. The van der Waals surface area contributed by atoms with Crippen molar-refractivity contribution in [2.45, 2.75) is 0 Å². The zero-order chi connectivity index (χ0) is 12.4. The molecule has 0 unspecified atom stereocenters. The van der Waals surface area contributed by atoms with Crippen LogP contribution >= 0.6 is 27.5 Å². The van der Waals surface area contributed by atoms with Crippen LogP contribution in [0.5, 0.6) is 0 Å². The molecule has 17 heavy (non-hydrogen) atoms. The highest BCUT2D eigenvalue weighted by Gasteiger charge is 2.05. The Morgan fingerprint density at radius 3 is 2.59 bits per heavy atom. The second-order valence-electron chi connectivity index (χ2n) is 3.48. The van der Waals surface area contributed by atoms with Crippen molar-refractivity contribution in [1.82, 2.24) is 0 Å². The van der Waals surface area contributed by atoms with Gasteiger partial charge >= 0.3 is 0 Å². The lowest BCUT2D eigenvalue weighted by atomic mass is 10.2. The van der Waals surface area contributed by atoms with Crippen molar-refractivity contribution in [3.8, 4) is 0 Å². The molecule has 2 aromatic rings. The van der Waals surface area contributed by atoms with Crippen LogP contribution in [0.25, 0.3) is 0 Å². The summed E-state index contributed by atoms with van der Waals surface area (Å²) in [5.41, 5.74) is 7.79. The first-order valence-corrected chi connectivity index (χ1v) is 6.00. The predicted octanol–water partition coefficient (Wildman–Crippen LogP) is 4.57. The van der Waals surface area contributed by atoms with Gasteiger partial charge in [-0.3, -0.25) is 0 Å². The first kappa shape index (κ1) is 12.2. The Balaban J connectivity index is 2.34. The van der Waals surface area contributed by atoms with E-state index in [9.17, 15) is 4.39 Å². The van der Waals surface area contributed by atoms with Gasteiger partial charge in [0.25, 0.3) is 0 Å². The minimum absolute atomic E-state index is 0.304. The number of anilines is 3. The van der Waals surface area contributed by atoms with Crippen LogP contribution in [0.15, 0.2) is 40.9 Å². The van der Waals surface area contributed by atoms with Crippen LogP contribution in [0.2, 0.25) is 5.02 Å². The summed E-state index contributed by atoms with van der Waals surface area (Å²) in [6.07, 6.45) is 0. The number of rotatable bonds is 2. The Bertz CT molecular complexity index is 560. The Morgan fingerprint density at radius 2 is 1.88 bits per heavy atom. The molecule has 5 heteroatoms. The Kier molecular flexibility index (Phi) is 3.54.